The third-order valence-corrected chi connectivity index (χ3v) is 4.92. The van der Waals surface area contributed by atoms with Crippen molar-refractivity contribution in [1.29, 1.82) is 0 Å². The summed E-state index contributed by atoms with van der Waals surface area (Å²) in [5.41, 5.74) is 2.46. The minimum absolute atomic E-state index is 0.0755. The van der Waals surface area contributed by atoms with Crippen molar-refractivity contribution in [2.45, 2.75) is 19.9 Å². The van der Waals surface area contributed by atoms with E-state index in [9.17, 15) is 4.39 Å². The van der Waals surface area contributed by atoms with E-state index in [1.54, 1.807) is 13.2 Å². The number of methoxy groups -OCH3 is 1. The molecule has 0 radical (unpaired) electrons. The van der Waals surface area contributed by atoms with Gasteiger partial charge in [-0.05, 0) is 35.6 Å². The number of hydrogen-bond donors (Lipinski definition) is 2. The highest BCUT2D eigenvalue weighted by molar-refractivity contribution is 5.87. The van der Waals surface area contributed by atoms with E-state index in [4.69, 9.17) is 9.72 Å². The van der Waals surface area contributed by atoms with Gasteiger partial charge in [-0.15, -0.1) is 10.2 Å². The van der Waals surface area contributed by atoms with Gasteiger partial charge in [-0.3, -0.25) is 0 Å². The van der Waals surface area contributed by atoms with Gasteiger partial charge in [0.15, 0.2) is 0 Å². The molecule has 1 unspecified atom stereocenters. The number of nitrogens with zero attached hydrogens (tertiary/aromatic N) is 3. The van der Waals surface area contributed by atoms with Crippen LogP contribution in [0.1, 0.15) is 25.5 Å². The quantitative estimate of drug-likeness (QED) is 0.485. The second-order valence-electron chi connectivity index (χ2n) is 7.17. The summed E-state index contributed by atoms with van der Waals surface area (Å²) in [5, 5.41) is 12.6. The fourth-order valence-electron chi connectivity index (χ4n) is 3.43. The molecule has 0 aliphatic rings. The number of hydrogen-bond acceptors (Lipinski definition) is 5. The summed E-state index contributed by atoms with van der Waals surface area (Å²) >= 11 is 0. The first kappa shape index (κ1) is 18.9. The van der Waals surface area contributed by atoms with E-state index in [2.05, 4.69) is 34.3 Å². The fraction of sp³-hybridized carbons (Fsp3) is 0.227. The normalized spacial score (nSPS) is 12.3. The fourth-order valence-corrected chi connectivity index (χ4v) is 3.43. The summed E-state index contributed by atoms with van der Waals surface area (Å²) in [4.78, 5) is 7.66. The Hall–Kier alpha value is -3.48. The van der Waals surface area contributed by atoms with Gasteiger partial charge in [-0.25, -0.2) is 9.37 Å². The average Bonchev–Trinajstić information content (AvgIpc) is 3.25. The van der Waals surface area contributed by atoms with Crippen LogP contribution in [-0.4, -0.2) is 27.3 Å². The van der Waals surface area contributed by atoms with Crippen LogP contribution in [0.25, 0.3) is 22.0 Å². The Morgan fingerprint density at radius 2 is 1.97 bits per heavy atom. The molecule has 0 amide bonds. The van der Waals surface area contributed by atoms with Gasteiger partial charge in [0.2, 0.25) is 11.8 Å². The molecule has 4 rings (SSSR count). The standard InChI is InChI=1S/C22H22FN5O/c1-13(2)20(27-22-24-12-25-28-22)16-9-10-19(26-21(16)29-3)15-8-7-14-5-4-6-18(23)17(14)11-15/h4-13,20H,1-3H3,(H2,24,25,27,28). The highest BCUT2D eigenvalue weighted by atomic mass is 19.1. The number of rotatable bonds is 6. The van der Waals surface area contributed by atoms with Crippen molar-refractivity contribution in [3.8, 4) is 17.1 Å². The number of ether oxygens (including phenoxy) is 1. The Bertz CT molecular complexity index is 1130. The third kappa shape index (κ3) is 3.76. The van der Waals surface area contributed by atoms with Crippen molar-refractivity contribution in [3.05, 3.63) is 66.2 Å². The number of benzene rings is 2. The summed E-state index contributed by atoms with van der Waals surface area (Å²) in [6.45, 7) is 4.21. The smallest absolute Gasteiger partial charge is 0.222 e. The molecule has 148 valence electrons. The van der Waals surface area contributed by atoms with Crippen LogP contribution in [0.2, 0.25) is 0 Å². The van der Waals surface area contributed by atoms with Gasteiger partial charge < -0.3 is 15.0 Å². The average molecular weight is 391 g/mol. The van der Waals surface area contributed by atoms with Crippen molar-refractivity contribution in [1.82, 2.24) is 20.2 Å². The first-order chi connectivity index (χ1) is 14.1. The molecule has 2 N–H and O–H groups in total. The van der Waals surface area contributed by atoms with Gasteiger partial charge in [0.25, 0.3) is 0 Å². The molecule has 2 heterocycles. The Morgan fingerprint density at radius 3 is 2.69 bits per heavy atom. The summed E-state index contributed by atoms with van der Waals surface area (Å²) in [6, 6.07) is 14.6. The number of nitrogens with one attached hydrogen (secondary N) is 2. The second-order valence-corrected chi connectivity index (χ2v) is 7.17. The molecule has 29 heavy (non-hydrogen) atoms. The third-order valence-electron chi connectivity index (χ3n) is 4.92. The maximum Gasteiger partial charge on any atom is 0.222 e. The van der Waals surface area contributed by atoms with E-state index in [1.165, 1.54) is 12.4 Å². The molecule has 0 aliphatic carbocycles. The molecule has 2 aromatic carbocycles. The van der Waals surface area contributed by atoms with E-state index in [-0.39, 0.29) is 17.8 Å². The molecular weight excluding hydrogens is 369 g/mol. The first-order valence-electron chi connectivity index (χ1n) is 9.43. The summed E-state index contributed by atoms with van der Waals surface area (Å²) < 4.78 is 19.8. The Balaban J connectivity index is 1.73. The van der Waals surface area contributed by atoms with Crippen molar-refractivity contribution >= 4 is 16.7 Å². The van der Waals surface area contributed by atoms with Crippen LogP contribution >= 0.6 is 0 Å². The van der Waals surface area contributed by atoms with Gasteiger partial charge >= 0.3 is 0 Å². The lowest BCUT2D eigenvalue weighted by atomic mass is 9.96. The second kappa shape index (κ2) is 7.87. The predicted molar refractivity (Wildman–Crippen MR) is 111 cm³/mol. The van der Waals surface area contributed by atoms with E-state index in [0.29, 0.717) is 17.2 Å². The lowest BCUT2D eigenvalue weighted by Gasteiger charge is -2.24. The van der Waals surface area contributed by atoms with Crippen molar-refractivity contribution in [2.75, 3.05) is 12.4 Å². The van der Waals surface area contributed by atoms with E-state index in [0.717, 1.165) is 22.2 Å². The molecule has 0 saturated carbocycles. The number of aromatic nitrogens is 4. The predicted octanol–water partition coefficient (Wildman–Crippen LogP) is 4.98. The molecule has 0 spiro atoms. The minimum atomic E-state index is -0.246. The molecule has 2 aromatic heterocycles. The molecule has 1 atom stereocenters. The van der Waals surface area contributed by atoms with Crippen molar-refractivity contribution in [2.24, 2.45) is 5.92 Å². The number of halogens is 1. The van der Waals surface area contributed by atoms with Crippen LogP contribution in [0.4, 0.5) is 10.3 Å². The van der Waals surface area contributed by atoms with Gasteiger partial charge in [0.05, 0.1) is 18.8 Å². The Labute approximate surface area is 168 Å². The number of aromatic amines is 1. The maximum absolute atomic E-state index is 14.2. The van der Waals surface area contributed by atoms with Crippen LogP contribution < -0.4 is 10.1 Å². The SMILES string of the molecule is COc1nc(-c2ccc3cccc(F)c3c2)ccc1C(Nc1nnc[nH]1)C(C)C. The maximum atomic E-state index is 14.2. The molecule has 4 aromatic rings. The lowest BCUT2D eigenvalue weighted by molar-refractivity contribution is 0.384. The number of pyridine rings is 1. The summed E-state index contributed by atoms with van der Waals surface area (Å²) in [5.74, 6) is 1.10. The van der Waals surface area contributed by atoms with E-state index in [1.807, 2.05) is 36.4 Å². The van der Waals surface area contributed by atoms with Crippen molar-refractivity contribution in [3.63, 3.8) is 0 Å². The van der Waals surface area contributed by atoms with Gasteiger partial charge in [0, 0.05) is 16.5 Å². The van der Waals surface area contributed by atoms with Gasteiger partial charge in [0.1, 0.15) is 12.1 Å². The molecule has 0 saturated heterocycles. The largest absolute Gasteiger partial charge is 0.481 e. The highest BCUT2D eigenvalue weighted by Gasteiger charge is 2.22. The van der Waals surface area contributed by atoms with Crippen LogP contribution in [0, 0.1) is 11.7 Å². The molecule has 0 fully saturated rings. The van der Waals surface area contributed by atoms with Gasteiger partial charge in [-0.1, -0.05) is 38.1 Å². The Kier molecular flexibility index (Phi) is 5.12. The number of H-pyrrole nitrogens is 1. The van der Waals surface area contributed by atoms with Crippen LogP contribution in [-0.2, 0) is 0 Å². The highest BCUT2D eigenvalue weighted by Crippen LogP contribution is 2.34. The zero-order valence-corrected chi connectivity index (χ0v) is 16.5. The topological polar surface area (TPSA) is 75.7 Å². The molecule has 6 nitrogen and oxygen atoms in total. The van der Waals surface area contributed by atoms with E-state index < -0.39 is 0 Å². The summed E-state index contributed by atoms with van der Waals surface area (Å²) in [6.07, 6.45) is 1.52. The summed E-state index contributed by atoms with van der Waals surface area (Å²) in [7, 11) is 1.60. The zero-order valence-electron chi connectivity index (χ0n) is 16.5. The van der Waals surface area contributed by atoms with Crippen LogP contribution in [0.3, 0.4) is 0 Å². The van der Waals surface area contributed by atoms with Crippen molar-refractivity contribution < 1.29 is 9.13 Å². The lowest BCUT2D eigenvalue weighted by Crippen LogP contribution is -2.19. The molecular formula is C22H22FN5O. The molecule has 0 aliphatic heterocycles. The number of anilines is 1. The zero-order chi connectivity index (χ0) is 20.4. The van der Waals surface area contributed by atoms with Crippen LogP contribution in [0.15, 0.2) is 54.9 Å². The first-order valence-corrected chi connectivity index (χ1v) is 9.43. The monoisotopic (exact) mass is 391 g/mol. The van der Waals surface area contributed by atoms with Gasteiger partial charge in [-0.2, -0.15) is 0 Å². The number of fused-ring (bicyclic) bond motifs is 1. The van der Waals surface area contributed by atoms with Crippen LogP contribution in [0.5, 0.6) is 5.88 Å². The molecule has 7 heteroatoms. The Morgan fingerprint density at radius 1 is 1.10 bits per heavy atom. The minimum Gasteiger partial charge on any atom is -0.481 e. The van der Waals surface area contributed by atoms with E-state index >= 15 is 0 Å². The molecule has 0 bridgehead atoms.